The van der Waals surface area contributed by atoms with Gasteiger partial charge in [0.05, 0.1) is 11.1 Å². The van der Waals surface area contributed by atoms with Crippen molar-refractivity contribution in [1.82, 2.24) is 4.57 Å². The Morgan fingerprint density at radius 3 is 2.75 bits per heavy atom. The van der Waals surface area contributed by atoms with E-state index in [0.29, 0.717) is 24.4 Å². The van der Waals surface area contributed by atoms with Crippen molar-refractivity contribution in [3.63, 3.8) is 0 Å². The van der Waals surface area contributed by atoms with E-state index in [0.717, 1.165) is 22.9 Å². The van der Waals surface area contributed by atoms with Gasteiger partial charge in [0.25, 0.3) is 5.91 Å². The predicted molar refractivity (Wildman–Crippen MR) is 80.7 cm³/mol. The Balaban J connectivity index is 2.52. The van der Waals surface area contributed by atoms with Crippen LogP contribution in [0, 0.1) is 5.92 Å². The first kappa shape index (κ1) is 14.6. The van der Waals surface area contributed by atoms with Gasteiger partial charge in [0.2, 0.25) is 0 Å². The lowest BCUT2D eigenvalue weighted by Crippen LogP contribution is -2.14. The maximum absolute atomic E-state index is 11.7. The van der Waals surface area contributed by atoms with Gasteiger partial charge in [0, 0.05) is 24.7 Å². The number of hydrogen-bond donors (Lipinski definition) is 2. The van der Waals surface area contributed by atoms with Crippen molar-refractivity contribution in [1.29, 1.82) is 0 Å². The van der Waals surface area contributed by atoms with Crippen molar-refractivity contribution in [2.24, 2.45) is 11.7 Å². The van der Waals surface area contributed by atoms with Gasteiger partial charge in [-0.15, -0.1) is 0 Å². The molecule has 2 rings (SSSR count). The third kappa shape index (κ3) is 3.02. The van der Waals surface area contributed by atoms with E-state index < -0.39 is 5.91 Å². The number of aliphatic hydroxyl groups is 1. The Morgan fingerprint density at radius 1 is 1.40 bits per heavy atom. The third-order valence-corrected chi connectivity index (χ3v) is 3.39. The Labute approximate surface area is 119 Å². The van der Waals surface area contributed by atoms with Crippen LogP contribution in [0.4, 0.5) is 0 Å². The quantitative estimate of drug-likeness (QED) is 0.848. The van der Waals surface area contributed by atoms with Crippen LogP contribution in [0.25, 0.3) is 10.9 Å². The highest BCUT2D eigenvalue weighted by Gasteiger charge is 2.13. The van der Waals surface area contributed by atoms with Gasteiger partial charge in [0.15, 0.2) is 0 Å². The van der Waals surface area contributed by atoms with Crippen LogP contribution in [0.2, 0.25) is 0 Å². The zero-order chi connectivity index (χ0) is 14.7. The van der Waals surface area contributed by atoms with E-state index in [9.17, 15) is 4.79 Å². The molecule has 0 atom stereocenters. The third-order valence-electron chi connectivity index (χ3n) is 3.39. The van der Waals surface area contributed by atoms with E-state index >= 15 is 0 Å². The second-order valence-corrected chi connectivity index (χ2v) is 5.63. The fourth-order valence-corrected chi connectivity index (χ4v) is 2.62. The molecule has 1 aromatic heterocycles. The Hall–Kier alpha value is -1.81. The number of nitrogens with two attached hydrogens (primary N) is 1. The number of amides is 1. The number of carbonyl (C=O) groups is 1. The van der Waals surface area contributed by atoms with Gasteiger partial charge in [0.1, 0.15) is 0 Å². The molecule has 0 aliphatic heterocycles. The Bertz CT molecular complexity index is 614. The molecular weight excluding hydrogens is 252 g/mol. The van der Waals surface area contributed by atoms with Gasteiger partial charge in [-0.25, -0.2) is 0 Å². The molecule has 108 valence electrons. The van der Waals surface area contributed by atoms with Crippen LogP contribution in [-0.2, 0) is 13.0 Å². The molecule has 0 radical (unpaired) electrons. The summed E-state index contributed by atoms with van der Waals surface area (Å²) < 4.78 is 1.99. The van der Waals surface area contributed by atoms with Gasteiger partial charge < -0.3 is 15.4 Å². The summed E-state index contributed by atoms with van der Waals surface area (Å²) in [6, 6.07) is 6.03. The predicted octanol–water partition coefficient (Wildman–Crippen LogP) is 2.32. The van der Waals surface area contributed by atoms with Crippen LogP contribution in [0.15, 0.2) is 24.4 Å². The summed E-state index contributed by atoms with van der Waals surface area (Å²) in [5.41, 5.74) is 8.12. The number of rotatable bonds is 6. The molecule has 0 aliphatic rings. The standard InChI is InChI=1S/C16H22N2O2/c1-11(2)8-12-9-13-4-6-18(5-3-7-19)15(13)14(10-12)16(17)20/h4,6,9-11,19H,3,5,7-8H2,1-2H3,(H2,17,20). The summed E-state index contributed by atoms with van der Waals surface area (Å²) in [6.07, 6.45) is 3.54. The first-order chi connectivity index (χ1) is 9.52. The molecule has 20 heavy (non-hydrogen) atoms. The summed E-state index contributed by atoms with van der Waals surface area (Å²) in [5.74, 6) is 0.134. The zero-order valence-electron chi connectivity index (χ0n) is 12.1. The average molecular weight is 274 g/mol. The van der Waals surface area contributed by atoms with Gasteiger partial charge in [-0.3, -0.25) is 4.79 Å². The highest BCUT2D eigenvalue weighted by Crippen LogP contribution is 2.24. The van der Waals surface area contributed by atoms with Gasteiger partial charge in [-0.05, 0) is 42.5 Å². The van der Waals surface area contributed by atoms with Gasteiger partial charge >= 0.3 is 0 Å². The smallest absolute Gasteiger partial charge is 0.250 e. The van der Waals surface area contributed by atoms with Crippen LogP contribution in [0.3, 0.4) is 0 Å². The molecule has 0 fully saturated rings. The molecule has 4 heteroatoms. The van der Waals surface area contributed by atoms with Crippen molar-refractivity contribution in [2.45, 2.75) is 33.2 Å². The molecule has 0 saturated carbocycles. The summed E-state index contributed by atoms with van der Waals surface area (Å²) in [4.78, 5) is 11.7. The molecule has 1 heterocycles. The molecule has 0 spiro atoms. The molecule has 4 nitrogen and oxygen atoms in total. The highest BCUT2D eigenvalue weighted by molar-refractivity contribution is 6.05. The largest absolute Gasteiger partial charge is 0.396 e. The first-order valence-corrected chi connectivity index (χ1v) is 7.05. The first-order valence-electron chi connectivity index (χ1n) is 7.05. The van der Waals surface area contributed by atoms with Gasteiger partial charge in [-0.2, -0.15) is 0 Å². The minimum absolute atomic E-state index is 0.136. The lowest BCUT2D eigenvalue weighted by molar-refractivity contribution is 0.100. The van der Waals surface area contributed by atoms with Crippen LogP contribution >= 0.6 is 0 Å². The van der Waals surface area contributed by atoms with Crippen molar-refractivity contribution in [2.75, 3.05) is 6.61 Å². The number of fused-ring (bicyclic) bond motifs is 1. The molecule has 0 saturated heterocycles. The summed E-state index contributed by atoms with van der Waals surface area (Å²) in [7, 11) is 0. The number of carbonyl (C=O) groups excluding carboxylic acids is 1. The summed E-state index contributed by atoms with van der Waals surface area (Å²) in [6.45, 7) is 5.13. The molecule has 0 unspecified atom stereocenters. The van der Waals surface area contributed by atoms with Crippen molar-refractivity contribution in [3.8, 4) is 0 Å². The summed E-state index contributed by atoms with van der Waals surface area (Å²) in [5, 5.41) is 9.99. The number of primary amides is 1. The fourth-order valence-electron chi connectivity index (χ4n) is 2.62. The van der Waals surface area contributed by atoms with Crippen LogP contribution in [0.1, 0.15) is 36.2 Å². The number of hydrogen-bond acceptors (Lipinski definition) is 2. The Morgan fingerprint density at radius 2 is 2.15 bits per heavy atom. The zero-order valence-corrected chi connectivity index (χ0v) is 12.1. The van der Waals surface area contributed by atoms with E-state index in [1.807, 2.05) is 22.9 Å². The van der Waals surface area contributed by atoms with E-state index in [4.69, 9.17) is 10.8 Å². The minimum atomic E-state index is -0.399. The van der Waals surface area contributed by atoms with Crippen molar-refractivity contribution >= 4 is 16.8 Å². The number of nitrogens with zero attached hydrogens (tertiary/aromatic N) is 1. The second kappa shape index (κ2) is 6.09. The SMILES string of the molecule is CC(C)Cc1cc(C(N)=O)c2c(ccn2CCCO)c1. The van der Waals surface area contributed by atoms with Crippen LogP contribution in [0.5, 0.6) is 0 Å². The molecule has 2 aromatic rings. The van der Waals surface area contributed by atoms with E-state index in [-0.39, 0.29) is 6.61 Å². The van der Waals surface area contributed by atoms with Crippen molar-refractivity contribution in [3.05, 3.63) is 35.5 Å². The fraction of sp³-hybridized carbons (Fsp3) is 0.438. The normalized spacial score (nSPS) is 11.4. The van der Waals surface area contributed by atoms with Crippen LogP contribution in [-0.4, -0.2) is 22.2 Å². The second-order valence-electron chi connectivity index (χ2n) is 5.63. The maximum Gasteiger partial charge on any atom is 0.250 e. The van der Waals surface area contributed by atoms with E-state index in [1.54, 1.807) is 0 Å². The topological polar surface area (TPSA) is 68.2 Å². The number of aliphatic hydroxyl groups excluding tert-OH is 1. The van der Waals surface area contributed by atoms with Gasteiger partial charge in [-0.1, -0.05) is 13.8 Å². The molecule has 1 aromatic carbocycles. The lowest BCUT2D eigenvalue weighted by atomic mass is 9.98. The molecule has 3 N–H and O–H groups in total. The van der Waals surface area contributed by atoms with E-state index in [1.165, 1.54) is 0 Å². The highest BCUT2D eigenvalue weighted by atomic mass is 16.3. The van der Waals surface area contributed by atoms with E-state index in [2.05, 4.69) is 19.9 Å². The number of aromatic nitrogens is 1. The molecule has 1 amide bonds. The molecule has 0 aliphatic carbocycles. The van der Waals surface area contributed by atoms with Crippen LogP contribution < -0.4 is 5.73 Å². The lowest BCUT2D eigenvalue weighted by Gasteiger charge is -2.11. The number of benzene rings is 1. The Kier molecular flexibility index (Phi) is 4.45. The monoisotopic (exact) mass is 274 g/mol. The summed E-state index contributed by atoms with van der Waals surface area (Å²) >= 11 is 0. The number of aryl methyl sites for hydroxylation is 1. The molecule has 0 bridgehead atoms. The maximum atomic E-state index is 11.7. The molecular formula is C16H22N2O2. The average Bonchev–Trinajstić information content (AvgIpc) is 2.77. The van der Waals surface area contributed by atoms with Crippen molar-refractivity contribution < 1.29 is 9.90 Å². The minimum Gasteiger partial charge on any atom is -0.396 e.